The van der Waals surface area contributed by atoms with Gasteiger partial charge in [0, 0.05) is 39.3 Å². The second-order valence-corrected chi connectivity index (χ2v) is 12.8. The Labute approximate surface area is 190 Å². The number of aliphatic carboxylic acids is 1. The van der Waals surface area contributed by atoms with Gasteiger partial charge < -0.3 is 5.11 Å². The van der Waals surface area contributed by atoms with Crippen LogP contribution in [0.4, 0.5) is 26.3 Å². The van der Waals surface area contributed by atoms with Crippen LogP contribution in [0.5, 0.6) is 0 Å². The summed E-state index contributed by atoms with van der Waals surface area (Å²) in [5, 5.41) is -4.47. The Balaban J connectivity index is 2.33. The van der Waals surface area contributed by atoms with Crippen LogP contribution >= 0.6 is 0 Å². The number of carboxylic acids is 1. The second kappa shape index (κ2) is 9.00. The van der Waals surface area contributed by atoms with E-state index in [2.05, 4.69) is 0 Å². The van der Waals surface area contributed by atoms with E-state index in [1.54, 1.807) is 0 Å². The zero-order chi connectivity index (χ0) is 26.5. The van der Waals surface area contributed by atoms with E-state index in [0.717, 1.165) is 0 Å². The van der Waals surface area contributed by atoms with Crippen molar-refractivity contribution >= 4 is 36.3 Å². The number of piperidine rings is 1. The van der Waals surface area contributed by atoms with Crippen LogP contribution in [-0.2, 0) is 35.1 Å². The minimum atomic E-state index is -7.00. The molecule has 0 aromatic heterocycles. The average Bonchev–Trinajstić information content (AvgIpc) is 2.72. The lowest BCUT2D eigenvalue weighted by Crippen LogP contribution is -2.66. The van der Waals surface area contributed by atoms with Crippen molar-refractivity contribution < 1.29 is 66.0 Å². The number of halogens is 6. The number of piperazine rings is 1. The predicted molar refractivity (Wildman–Crippen MR) is 99.3 cm³/mol. The first-order valence-electron chi connectivity index (χ1n) is 9.20. The first-order chi connectivity index (χ1) is 15.1. The topological polar surface area (TPSA) is 170 Å². The van der Waals surface area contributed by atoms with Gasteiger partial charge in [-0.15, -0.1) is 0 Å². The largest absolute Gasteiger partial charge is 0.481 e. The molecule has 2 N–H and O–H groups in total. The standard InChI is InChI=1S/C13H19F6N3O9S3/c14-11(15,12(16,17)32(25,26)20-3-1-9(2-4-20)10(23)24)13(18,19)33(27,28)21-5-7-22(8-6-21)34(29,30)31/h9H,1-8H2,(H,23,24)(H,29,30,31). The molecule has 0 spiro atoms. The molecule has 2 fully saturated rings. The lowest BCUT2D eigenvalue weighted by Gasteiger charge is -2.39. The van der Waals surface area contributed by atoms with Gasteiger partial charge in [-0.3, -0.25) is 9.35 Å². The van der Waals surface area contributed by atoms with Gasteiger partial charge in [0.25, 0.3) is 20.0 Å². The Morgan fingerprint density at radius 1 is 0.676 bits per heavy atom. The first-order valence-corrected chi connectivity index (χ1v) is 13.5. The minimum Gasteiger partial charge on any atom is -0.481 e. The van der Waals surface area contributed by atoms with Crippen molar-refractivity contribution in [3.63, 3.8) is 0 Å². The molecule has 2 aliphatic heterocycles. The van der Waals surface area contributed by atoms with Gasteiger partial charge in [-0.2, -0.15) is 47.7 Å². The Kier molecular flexibility index (Phi) is 7.67. The molecule has 0 bridgehead atoms. The van der Waals surface area contributed by atoms with Crippen LogP contribution in [0.15, 0.2) is 0 Å². The zero-order valence-corrected chi connectivity index (χ0v) is 19.3. The first kappa shape index (κ1) is 29.0. The molecule has 0 radical (unpaired) electrons. The molecule has 200 valence electrons. The number of rotatable bonds is 8. The molecule has 0 unspecified atom stereocenters. The summed E-state index contributed by atoms with van der Waals surface area (Å²) in [6, 6.07) is 0. The van der Waals surface area contributed by atoms with E-state index in [1.165, 1.54) is 0 Å². The van der Waals surface area contributed by atoms with E-state index in [1.807, 2.05) is 0 Å². The molecule has 2 rings (SSSR count). The number of nitrogens with zero attached hydrogens (tertiary/aromatic N) is 3. The van der Waals surface area contributed by atoms with Crippen molar-refractivity contribution in [2.75, 3.05) is 39.3 Å². The Morgan fingerprint density at radius 2 is 1.00 bits per heavy atom. The third-order valence-electron chi connectivity index (χ3n) is 5.39. The Hall–Kier alpha value is -1.26. The minimum absolute atomic E-state index is 0.203. The molecule has 2 saturated heterocycles. The van der Waals surface area contributed by atoms with Gasteiger partial charge in [-0.25, -0.2) is 16.8 Å². The summed E-state index contributed by atoms with van der Waals surface area (Å²) in [6.45, 7) is -6.44. The molecule has 0 aliphatic carbocycles. The highest BCUT2D eigenvalue weighted by Gasteiger charge is 2.83. The molecule has 2 aliphatic rings. The molecular weight excluding hydrogens is 552 g/mol. The summed E-state index contributed by atoms with van der Waals surface area (Å²) < 4.78 is 165. The summed E-state index contributed by atoms with van der Waals surface area (Å²) in [4.78, 5) is 10.9. The average molecular weight is 571 g/mol. The number of alkyl halides is 6. The van der Waals surface area contributed by atoms with Crippen LogP contribution < -0.4 is 0 Å². The SMILES string of the molecule is O=C(O)C1CCN(S(=O)(=O)C(F)(F)C(F)(F)C(F)(F)S(=O)(=O)N2CCN(S(=O)(=O)O)CC2)CC1. The van der Waals surface area contributed by atoms with E-state index < -0.39 is 115 Å². The molecule has 0 atom stereocenters. The molecule has 0 saturated carbocycles. The van der Waals surface area contributed by atoms with Crippen molar-refractivity contribution in [2.45, 2.75) is 29.3 Å². The van der Waals surface area contributed by atoms with E-state index in [9.17, 15) is 56.4 Å². The highest BCUT2D eigenvalue weighted by molar-refractivity contribution is 7.91. The van der Waals surface area contributed by atoms with Crippen LogP contribution in [0.1, 0.15) is 12.8 Å². The van der Waals surface area contributed by atoms with Gasteiger partial charge in [0.05, 0.1) is 5.92 Å². The molecule has 12 nitrogen and oxygen atoms in total. The van der Waals surface area contributed by atoms with Crippen LogP contribution in [-0.4, -0.2) is 109 Å². The van der Waals surface area contributed by atoms with Gasteiger partial charge >= 0.3 is 32.7 Å². The third kappa shape index (κ3) is 4.62. The fourth-order valence-corrected chi connectivity index (χ4v) is 6.88. The van der Waals surface area contributed by atoms with Gasteiger partial charge in [0.2, 0.25) is 0 Å². The summed E-state index contributed by atoms with van der Waals surface area (Å²) in [5.74, 6) is -9.61. The predicted octanol–water partition coefficient (Wildman–Crippen LogP) is -0.316. The van der Waals surface area contributed by atoms with Gasteiger partial charge in [-0.1, -0.05) is 0 Å². The lowest BCUT2D eigenvalue weighted by atomic mass is 9.99. The molecule has 0 aromatic carbocycles. The molecular formula is C13H19F6N3O9S3. The van der Waals surface area contributed by atoms with Gasteiger partial charge in [-0.05, 0) is 12.8 Å². The highest BCUT2D eigenvalue weighted by atomic mass is 32.2. The summed E-state index contributed by atoms with van der Waals surface area (Å²) in [5.41, 5.74) is 0. The summed E-state index contributed by atoms with van der Waals surface area (Å²) in [7, 11) is -18.2. The number of hydrogen-bond donors (Lipinski definition) is 2. The lowest BCUT2D eigenvalue weighted by molar-refractivity contribution is -0.246. The molecule has 0 amide bonds. The van der Waals surface area contributed by atoms with Crippen LogP contribution in [0, 0.1) is 5.92 Å². The highest BCUT2D eigenvalue weighted by Crippen LogP contribution is 2.52. The monoisotopic (exact) mass is 571 g/mol. The summed E-state index contributed by atoms with van der Waals surface area (Å²) in [6.07, 6.45) is -1.16. The number of hydrogen-bond acceptors (Lipinski definition) is 7. The van der Waals surface area contributed by atoms with Crippen molar-refractivity contribution in [3.8, 4) is 0 Å². The summed E-state index contributed by atoms with van der Waals surface area (Å²) >= 11 is 0. The smallest absolute Gasteiger partial charge is 0.428 e. The molecule has 0 aromatic rings. The Bertz CT molecular complexity index is 1110. The molecule has 2 heterocycles. The second-order valence-electron chi connectivity index (χ2n) is 7.41. The fraction of sp³-hybridized carbons (Fsp3) is 0.923. The van der Waals surface area contributed by atoms with Crippen molar-refractivity contribution in [2.24, 2.45) is 5.92 Å². The van der Waals surface area contributed by atoms with Crippen molar-refractivity contribution in [3.05, 3.63) is 0 Å². The maximum absolute atomic E-state index is 14.5. The van der Waals surface area contributed by atoms with E-state index in [-0.39, 0.29) is 8.61 Å². The third-order valence-corrected chi connectivity index (χ3v) is 10.3. The normalized spacial score (nSPS) is 22.1. The quantitative estimate of drug-likeness (QED) is 0.293. The molecule has 34 heavy (non-hydrogen) atoms. The maximum atomic E-state index is 14.5. The van der Waals surface area contributed by atoms with Crippen LogP contribution in [0.3, 0.4) is 0 Å². The maximum Gasteiger partial charge on any atom is 0.428 e. The number of carbonyl (C=O) groups is 1. The number of carboxylic acid groups (broad SMARTS) is 1. The van der Waals surface area contributed by atoms with E-state index >= 15 is 0 Å². The van der Waals surface area contributed by atoms with Crippen LogP contribution in [0.2, 0.25) is 0 Å². The Morgan fingerprint density at radius 3 is 1.32 bits per heavy atom. The van der Waals surface area contributed by atoms with Gasteiger partial charge in [0.1, 0.15) is 0 Å². The number of sulfonamides is 2. The molecule has 21 heteroatoms. The van der Waals surface area contributed by atoms with Crippen molar-refractivity contribution in [1.29, 1.82) is 0 Å². The van der Waals surface area contributed by atoms with Crippen molar-refractivity contribution in [1.82, 2.24) is 12.9 Å². The van der Waals surface area contributed by atoms with Crippen LogP contribution in [0.25, 0.3) is 0 Å². The fourth-order valence-electron chi connectivity index (χ4n) is 3.30. The van der Waals surface area contributed by atoms with E-state index in [4.69, 9.17) is 9.66 Å². The van der Waals surface area contributed by atoms with Gasteiger partial charge in [0.15, 0.2) is 0 Å². The zero-order valence-electron chi connectivity index (χ0n) is 16.8. The van der Waals surface area contributed by atoms with E-state index in [0.29, 0.717) is 0 Å².